The van der Waals surface area contributed by atoms with Crippen molar-refractivity contribution in [2.45, 2.75) is 20.0 Å². The summed E-state index contributed by atoms with van der Waals surface area (Å²) < 4.78 is 40.4. The van der Waals surface area contributed by atoms with E-state index < -0.39 is 18.1 Å². The normalized spacial score (nSPS) is 12.2. The Balaban J connectivity index is 0. The number of halogens is 4. The second kappa shape index (κ2) is 7.04. The Morgan fingerprint density at radius 2 is 1.81 bits per heavy atom. The first-order valence-electron chi connectivity index (χ1n) is 3.73. The molecule has 16 heavy (non-hydrogen) atoms. The van der Waals surface area contributed by atoms with Gasteiger partial charge in [0, 0.05) is 5.11 Å². The molecule has 5 nitrogen and oxygen atoms in total. The molecule has 0 aromatic carbocycles. The molecule has 1 amide bonds. The van der Waals surface area contributed by atoms with Gasteiger partial charge in [-0.1, -0.05) is 5.11 Å². The van der Waals surface area contributed by atoms with Crippen molar-refractivity contribution in [2.24, 2.45) is 15.2 Å². The average Bonchev–Trinajstić information content (AvgIpc) is 2.09. The average molecular weight is 260 g/mol. The zero-order valence-electron chi connectivity index (χ0n) is 8.67. The molecule has 0 aromatic rings. The molecule has 0 aliphatic rings. The van der Waals surface area contributed by atoms with E-state index in [1.807, 2.05) is 0 Å². The summed E-state index contributed by atoms with van der Waals surface area (Å²) >= 11 is 0. The highest BCUT2D eigenvalue weighted by atomic mass is 35.5. The van der Waals surface area contributed by atoms with E-state index in [9.17, 15) is 18.0 Å². The lowest BCUT2D eigenvalue weighted by Gasteiger charge is -2.02. The van der Waals surface area contributed by atoms with Crippen molar-refractivity contribution in [1.29, 1.82) is 0 Å². The lowest BCUT2D eigenvalue weighted by molar-refractivity contribution is -0.0602. The van der Waals surface area contributed by atoms with Crippen molar-refractivity contribution in [2.75, 3.05) is 7.11 Å². The number of amides is 1. The molecule has 0 spiro atoms. The lowest BCUT2D eigenvalue weighted by Crippen LogP contribution is -3.00. The van der Waals surface area contributed by atoms with Crippen molar-refractivity contribution in [1.82, 2.24) is 0 Å². The molecule has 0 heterocycles. The minimum absolute atomic E-state index is 0. The molecule has 0 saturated heterocycles. The number of hydrogen-bond donors (Lipinski definition) is 0. The molecule has 9 heteroatoms. The number of alkyl halides is 3. The molecule has 0 N–H and O–H groups in total. The van der Waals surface area contributed by atoms with Gasteiger partial charge in [-0.25, -0.2) is 4.79 Å². The second-order valence-corrected chi connectivity index (χ2v) is 2.55. The predicted molar refractivity (Wildman–Crippen MR) is 45.3 cm³/mol. The van der Waals surface area contributed by atoms with Crippen LogP contribution >= 0.6 is 0 Å². The van der Waals surface area contributed by atoms with E-state index in [0.717, 1.165) is 7.11 Å². The van der Waals surface area contributed by atoms with Crippen LogP contribution in [0.5, 0.6) is 0 Å². The fourth-order valence-corrected chi connectivity index (χ4v) is 0.422. The molecular formula is C7H9ClF3N3O2. The van der Waals surface area contributed by atoms with E-state index in [4.69, 9.17) is 0 Å². The number of rotatable bonds is 1. The van der Waals surface area contributed by atoms with Crippen LogP contribution in [-0.4, -0.2) is 25.2 Å². The molecule has 0 rings (SSSR count). The van der Waals surface area contributed by atoms with Gasteiger partial charge in [-0.15, -0.1) is 4.99 Å². The summed E-state index contributed by atoms with van der Waals surface area (Å²) in [4.78, 5) is 13.1. The Bertz CT molecular complexity index is 289. The zero-order chi connectivity index (χ0) is 12.1. The van der Waals surface area contributed by atoms with Gasteiger partial charge in [-0.3, -0.25) is 0 Å². The number of amidine groups is 1. The second-order valence-electron chi connectivity index (χ2n) is 2.55. The van der Waals surface area contributed by atoms with E-state index in [2.05, 4.69) is 20.0 Å². The van der Waals surface area contributed by atoms with Crippen LogP contribution in [-0.2, 0) is 4.74 Å². The number of aliphatic imine (C=N–C) groups is 1. The minimum atomic E-state index is -4.84. The Morgan fingerprint density at radius 1 is 1.31 bits per heavy atom. The monoisotopic (exact) mass is 259 g/mol. The van der Waals surface area contributed by atoms with E-state index >= 15 is 0 Å². The number of carbonyl (C=O) groups excluding carboxylic acids is 1. The Kier molecular flexibility index (Phi) is 7.53. The maximum atomic E-state index is 12.2. The topological polar surface area (TPSA) is 63.4 Å². The standard InChI is InChI=1S/C7H9F3N3O2.ClH/c1-4(2)12-13-5(7(8,9)10)11-6(14)15-3;/h1-3H3;1H/q+1;/p-1/b11-5-,13-12?;. The van der Waals surface area contributed by atoms with Crippen LogP contribution in [0.4, 0.5) is 18.0 Å². The molecule has 0 unspecified atom stereocenters. The molecule has 0 aliphatic heterocycles. The highest BCUT2D eigenvalue weighted by Crippen LogP contribution is 2.19. The third-order valence-corrected chi connectivity index (χ3v) is 0.970. The maximum absolute atomic E-state index is 12.2. The van der Waals surface area contributed by atoms with Gasteiger partial charge in [-0.05, 0) is 0 Å². The summed E-state index contributed by atoms with van der Waals surface area (Å²) in [7, 11) is 0.911. The highest BCUT2D eigenvalue weighted by molar-refractivity contribution is 5.95. The van der Waals surface area contributed by atoms with Gasteiger partial charge in [-0.2, -0.15) is 13.2 Å². The van der Waals surface area contributed by atoms with Crippen LogP contribution in [0.25, 0.3) is 0 Å². The molecule has 0 fully saturated rings. The Labute approximate surface area is 96.2 Å². The first-order valence-corrected chi connectivity index (χ1v) is 3.73. The fraction of sp³-hybridized carbons (Fsp3) is 0.571. The Morgan fingerprint density at radius 3 is 2.12 bits per heavy atom. The van der Waals surface area contributed by atoms with E-state index in [1.165, 1.54) is 13.8 Å². The zero-order valence-corrected chi connectivity index (χ0v) is 9.43. The van der Waals surface area contributed by atoms with Crippen LogP contribution in [0.1, 0.15) is 13.8 Å². The molecule has 0 bridgehead atoms. The van der Waals surface area contributed by atoms with Crippen LogP contribution in [0.15, 0.2) is 15.2 Å². The number of azo groups is 1. The van der Waals surface area contributed by atoms with Gasteiger partial charge in [0.2, 0.25) is 6.04 Å². The van der Waals surface area contributed by atoms with Crippen molar-refractivity contribution < 1.29 is 35.1 Å². The highest BCUT2D eigenvalue weighted by Gasteiger charge is 2.38. The maximum Gasteiger partial charge on any atom is 0.453 e. The van der Waals surface area contributed by atoms with E-state index in [-0.39, 0.29) is 12.4 Å². The summed E-state index contributed by atoms with van der Waals surface area (Å²) in [5.41, 5.74) is 0. The minimum Gasteiger partial charge on any atom is -1.00 e. The molecule has 92 valence electrons. The third kappa shape index (κ3) is 7.04. The number of ether oxygens (including phenoxy) is 1. The molecule has 0 aromatic heterocycles. The number of hydrogen-bond acceptors (Lipinski definition) is 3. The van der Waals surface area contributed by atoms with Crippen molar-refractivity contribution in [3.8, 4) is 0 Å². The largest absolute Gasteiger partial charge is 1.00 e. The van der Waals surface area contributed by atoms with E-state index in [0.29, 0.717) is 6.04 Å². The fourth-order valence-electron chi connectivity index (χ4n) is 0.422. The van der Waals surface area contributed by atoms with Crippen LogP contribution in [0.2, 0.25) is 0 Å². The smallest absolute Gasteiger partial charge is 0.453 e. The SMILES string of the molecule is COC(=O)/N=C(\N=N[C+](C)C)C(F)(F)F.[Cl-]. The molecular weight excluding hydrogens is 251 g/mol. The van der Waals surface area contributed by atoms with Gasteiger partial charge in [0.25, 0.3) is 5.84 Å². The van der Waals surface area contributed by atoms with Crippen molar-refractivity contribution >= 4 is 11.9 Å². The van der Waals surface area contributed by atoms with Crippen LogP contribution < -0.4 is 12.4 Å². The third-order valence-electron chi connectivity index (χ3n) is 0.970. The van der Waals surface area contributed by atoms with Gasteiger partial charge in [0.15, 0.2) is 0 Å². The predicted octanol–water partition coefficient (Wildman–Crippen LogP) is -0.258. The lowest BCUT2D eigenvalue weighted by atomic mass is 10.4. The van der Waals surface area contributed by atoms with Gasteiger partial charge in [0.05, 0.1) is 7.11 Å². The first-order chi connectivity index (χ1) is 6.77. The van der Waals surface area contributed by atoms with E-state index in [1.54, 1.807) is 0 Å². The summed E-state index contributed by atoms with van der Waals surface area (Å²) in [5.74, 6) is -1.64. The summed E-state index contributed by atoms with van der Waals surface area (Å²) in [6, 6.07) is 0.303. The van der Waals surface area contributed by atoms with Gasteiger partial charge >= 0.3 is 12.3 Å². The van der Waals surface area contributed by atoms with Gasteiger partial charge < -0.3 is 17.1 Å². The molecule has 0 saturated carbocycles. The summed E-state index contributed by atoms with van der Waals surface area (Å²) in [6.07, 6.45) is -6.22. The number of methoxy groups -OCH3 is 1. The molecule has 0 atom stereocenters. The first kappa shape index (κ1) is 17.1. The summed E-state index contributed by atoms with van der Waals surface area (Å²) in [5, 5.41) is 5.96. The summed E-state index contributed by atoms with van der Waals surface area (Å²) in [6.45, 7) is 2.91. The van der Waals surface area contributed by atoms with Crippen molar-refractivity contribution in [3.63, 3.8) is 0 Å². The molecule has 0 radical (unpaired) electrons. The van der Waals surface area contributed by atoms with Gasteiger partial charge in [0.1, 0.15) is 13.8 Å². The Hall–Kier alpha value is -1.31. The van der Waals surface area contributed by atoms with Crippen molar-refractivity contribution in [3.05, 3.63) is 6.04 Å². The number of carbonyl (C=O) groups is 1. The van der Waals surface area contributed by atoms with Crippen LogP contribution in [0, 0.1) is 6.04 Å². The number of nitrogens with zero attached hydrogens (tertiary/aromatic N) is 3. The van der Waals surface area contributed by atoms with Crippen LogP contribution in [0.3, 0.4) is 0 Å². The quantitative estimate of drug-likeness (QED) is 0.282. The molecule has 0 aliphatic carbocycles.